The van der Waals surface area contributed by atoms with E-state index in [4.69, 9.17) is 4.74 Å². The Bertz CT molecular complexity index is 757. The van der Waals surface area contributed by atoms with Gasteiger partial charge in [0.25, 0.3) is 0 Å². The molecule has 0 bridgehead atoms. The van der Waals surface area contributed by atoms with Crippen molar-refractivity contribution in [1.82, 2.24) is 14.9 Å². The molecule has 1 aromatic heterocycles. The maximum absolute atomic E-state index is 11.6. The number of aromatic nitrogens is 2. The van der Waals surface area contributed by atoms with Crippen LogP contribution in [-0.2, 0) is 4.79 Å². The van der Waals surface area contributed by atoms with E-state index in [1.54, 1.807) is 19.3 Å². The van der Waals surface area contributed by atoms with E-state index in [9.17, 15) is 4.79 Å². The zero-order chi connectivity index (χ0) is 17.3. The lowest BCUT2D eigenvalue weighted by atomic mass is 9.80. The Balaban J connectivity index is 1.60. The summed E-state index contributed by atoms with van der Waals surface area (Å²) in [6.07, 6.45) is 6.00. The molecular weight excluding hydrogens is 316 g/mol. The van der Waals surface area contributed by atoms with Crippen molar-refractivity contribution in [2.45, 2.75) is 37.8 Å². The van der Waals surface area contributed by atoms with Crippen LogP contribution in [0.1, 0.15) is 37.8 Å². The van der Waals surface area contributed by atoms with Gasteiger partial charge in [-0.1, -0.05) is 18.2 Å². The largest absolute Gasteiger partial charge is 0.487 e. The Hall–Kier alpha value is -2.63. The lowest BCUT2D eigenvalue weighted by molar-refractivity contribution is -0.132. The number of rotatable bonds is 2. The monoisotopic (exact) mass is 338 g/mol. The molecule has 4 rings (SSSR count). The number of hydrogen-bond acceptors (Lipinski definition) is 5. The maximum Gasteiger partial charge on any atom is 0.223 e. The van der Waals surface area contributed by atoms with Crippen LogP contribution in [0.25, 0.3) is 0 Å². The van der Waals surface area contributed by atoms with Crippen molar-refractivity contribution >= 4 is 11.9 Å². The van der Waals surface area contributed by atoms with Gasteiger partial charge in [0.1, 0.15) is 11.4 Å². The molecule has 3 heterocycles. The molecular formula is C19H22N4O2. The van der Waals surface area contributed by atoms with Gasteiger partial charge in [0.05, 0.1) is 6.04 Å². The number of amides is 1. The lowest BCUT2D eigenvalue weighted by Crippen LogP contribution is -2.52. The predicted octanol–water partition coefficient (Wildman–Crippen LogP) is 2.79. The molecule has 0 radical (unpaired) electrons. The van der Waals surface area contributed by atoms with Crippen molar-refractivity contribution in [3.63, 3.8) is 0 Å². The number of anilines is 1. The van der Waals surface area contributed by atoms with E-state index in [0.29, 0.717) is 5.95 Å². The molecule has 1 atom stereocenters. The van der Waals surface area contributed by atoms with E-state index < -0.39 is 0 Å². The molecule has 6 nitrogen and oxygen atoms in total. The summed E-state index contributed by atoms with van der Waals surface area (Å²) in [6, 6.07) is 10.0. The summed E-state index contributed by atoms with van der Waals surface area (Å²) in [5, 5.41) is 3.46. The number of carbonyl (C=O) groups is 1. The lowest BCUT2D eigenvalue weighted by Gasteiger charge is -2.46. The molecule has 2 aliphatic rings. The number of para-hydroxylation sites is 1. The van der Waals surface area contributed by atoms with Gasteiger partial charge in [0.2, 0.25) is 11.9 Å². The van der Waals surface area contributed by atoms with Crippen molar-refractivity contribution < 1.29 is 9.53 Å². The van der Waals surface area contributed by atoms with Gasteiger partial charge >= 0.3 is 0 Å². The second kappa shape index (κ2) is 6.35. The highest BCUT2D eigenvalue weighted by Crippen LogP contribution is 2.45. The molecule has 1 spiro atoms. The van der Waals surface area contributed by atoms with Crippen LogP contribution in [0.4, 0.5) is 5.95 Å². The molecule has 25 heavy (non-hydrogen) atoms. The quantitative estimate of drug-likeness (QED) is 0.912. The minimum Gasteiger partial charge on any atom is -0.487 e. The van der Waals surface area contributed by atoms with E-state index >= 15 is 0 Å². The highest BCUT2D eigenvalue weighted by atomic mass is 16.5. The third kappa shape index (κ3) is 3.16. The fraction of sp³-hybridized carbons (Fsp3) is 0.421. The van der Waals surface area contributed by atoms with Crippen molar-refractivity contribution in [3.8, 4) is 5.75 Å². The summed E-state index contributed by atoms with van der Waals surface area (Å²) >= 11 is 0. The van der Waals surface area contributed by atoms with Crippen molar-refractivity contribution in [2.24, 2.45) is 0 Å². The first-order chi connectivity index (χ1) is 12.2. The van der Waals surface area contributed by atoms with E-state index in [1.807, 2.05) is 29.2 Å². The van der Waals surface area contributed by atoms with Crippen LogP contribution >= 0.6 is 0 Å². The van der Waals surface area contributed by atoms with Crippen LogP contribution in [0.2, 0.25) is 0 Å². The van der Waals surface area contributed by atoms with E-state index in [0.717, 1.165) is 43.7 Å². The number of nitrogens with one attached hydrogen (secondary N) is 1. The predicted molar refractivity (Wildman–Crippen MR) is 94.3 cm³/mol. The van der Waals surface area contributed by atoms with E-state index in [2.05, 4.69) is 21.4 Å². The molecule has 6 heteroatoms. The summed E-state index contributed by atoms with van der Waals surface area (Å²) < 4.78 is 6.44. The summed E-state index contributed by atoms with van der Waals surface area (Å²) in [5.41, 5.74) is 0.891. The van der Waals surface area contributed by atoms with Crippen molar-refractivity contribution in [3.05, 3.63) is 48.3 Å². The Kier molecular flexibility index (Phi) is 4.03. The normalized spacial score (nSPS) is 21.3. The summed E-state index contributed by atoms with van der Waals surface area (Å²) in [6.45, 7) is 3.12. The SMILES string of the molecule is CC(=O)N1CCC2(CC1)CC(Nc1ncccn1)c1ccccc1O2. The number of nitrogens with zero attached hydrogens (tertiary/aromatic N) is 3. The molecule has 1 unspecified atom stereocenters. The molecule has 0 saturated carbocycles. The highest BCUT2D eigenvalue weighted by molar-refractivity contribution is 5.73. The summed E-state index contributed by atoms with van der Waals surface area (Å²) in [4.78, 5) is 22.1. The Morgan fingerprint density at radius 3 is 2.64 bits per heavy atom. The average Bonchev–Trinajstić information content (AvgIpc) is 2.63. The second-order valence-electron chi connectivity index (χ2n) is 6.80. The average molecular weight is 338 g/mol. The van der Waals surface area contributed by atoms with E-state index in [-0.39, 0.29) is 17.6 Å². The third-order valence-corrected chi connectivity index (χ3v) is 5.19. The molecule has 0 aliphatic carbocycles. The minimum absolute atomic E-state index is 0.0937. The van der Waals surface area contributed by atoms with Gasteiger partial charge in [-0.15, -0.1) is 0 Å². The topological polar surface area (TPSA) is 67.4 Å². The molecule has 1 saturated heterocycles. The molecule has 1 aromatic carbocycles. The van der Waals surface area contributed by atoms with Crippen molar-refractivity contribution in [2.75, 3.05) is 18.4 Å². The van der Waals surface area contributed by atoms with E-state index in [1.165, 1.54) is 0 Å². The van der Waals surface area contributed by atoms with Gasteiger partial charge in [-0.25, -0.2) is 9.97 Å². The molecule has 1 N–H and O–H groups in total. The molecule has 130 valence electrons. The number of ether oxygens (including phenoxy) is 1. The van der Waals surface area contributed by atoms with Crippen LogP contribution in [-0.4, -0.2) is 39.5 Å². The van der Waals surface area contributed by atoms with Crippen LogP contribution < -0.4 is 10.1 Å². The van der Waals surface area contributed by atoms with Gasteiger partial charge in [-0.05, 0) is 12.1 Å². The van der Waals surface area contributed by atoms with Gasteiger partial charge in [0, 0.05) is 57.2 Å². The zero-order valence-corrected chi connectivity index (χ0v) is 14.3. The van der Waals surface area contributed by atoms with Gasteiger partial charge in [0.15, 0.2) is 0 Å². The van der Waals surface area contributed by atoms with Crippen molar-refractivity contribution in [1.29, 1.82) is 0 Å². The number of fused-ring (bicyclic) bond motifs is 1. The van der Waals surface area contributed by atoms with Gasteiger partial charge < -0.3 is 15.0 Å². The molecule has 2 aliphatic heterocycles. The third-order valence-electron chi connectivity index (χ3n) is 5.19. The fourth-order valence-electron chi connectivity index (χ4n) is 3.81. The van der Waals surface area contributed by atoms with Crippen LogP contribution in [0.5, 0.6) is 5.75 Å². The number of carbonyl (C=O) groups excluding carboxylic acids is 1. The van der Waals surface area contributed by atoms with Gasteiger partial charge in [-0.3, -0.25) is 4.79 Å². The van der Waals surface area contributed by atoms with Gasteiger partial charge in [-0.2, -0.15) is 0 Å². The van der Waals surface area contributed by atoms with Crippen LogP contribution in [0, 0.1) is 0 Å². The zero-order valence-electron chi connectivity index (χ0n) is 14.3. The first-order valence-corrected chi connectivity index (χ1v) is 8.72. The fourth-order valence-corrected chi connectivity index (χ4v) is 3.81. The highest BCUT2D eigenvalue weighted by Gasteiger charge is 2.43. The Morgan fingerprint density at radius 2 is 1.92 bits per heavy atom. The maximum atomic E-state index is 11.6. The van der Waals surface area contributed by atoms with Crippen LogP contribution in [0.15, 0.2) is 42.7 Å². The first kappa shape index (κ1) is 15.9. The standard InChI is InChI=1S/C19H22N4O2/c1-14(24)23-11-7-19(8-12-23)13-16(22-18-20-9-4-10-21-18)15-5-2-3-6-17(15)25-19/h2-6,9-10,16H,7-8,11-13H2,1H3,(H,20,21,22). The molecule has 1 fully saturated rings. The summed E-state index contributed by atoms with van der Waals surface area (Å²) in [7, 11) is 0. The molecule has 1 amide bonds. The first-order valence-electron chi connectivity index (χ1n) is 8.72. The molecule has 2 aromatic rings. The van der Waals surface area contributed by atoms with Crippen LogP contribution in [0.3, 0.4) is 0 Å². The number of likely N-dealkylation sites (tertiary alicyclic amines) is 1. The summed E-state index contributed by atoms with van der Waals surface area (Å²) in [5.74, 6) is 1.68. The number of hydrogen-bond donors (Lipinski definition) is 1. The second-order valence-corrected chi connectivity index (χ2v) is 6.80. The smallest absolute Gasteiger partial charge is 0.223 e. The minimum atomic E-state index is -0.243. The Labute approximate surface area is 147 Å². The number of benzene rings is 1. The Morgan fingerprint density at radius 1 is 1.20 bits per heavy atom. The number of piperidine rings is 1.